The third kappa shape index (κ3) is 2.19. The molecule has 3 heterocycles. The maximum Gasteiger partial charge on any atom is 0.243 e. The average Bonchev–Trinajstić information content (AvgIpc) is 3.07. The smallest absolute Gasteiger partial charge is 0.243 e. The van der Waals surface area contributed by atoms with Crippen LogP contribution in [0.15, 0.2) is 18.2 Å². The largest absolute Gasteiger partial charge is 0.481 e. The fourth-order valence-corrected chi connectivity index (χ4v) is 2.48. The molecule has 0 atom stereocenters. The maximum atomic E-state index is 5.97. The molecular formula is C13H13ClN6O. The second-order valence-electron chi connectivity index (χ2n) is 5.01. The zero-order valence-electron chi connectivity index (χ0n) is 11.3. The summed E-state index contributed by atoms with van der Waals surface area (Å²) in [4.78, 5) is 4.23. The van der Waals surface area contributed by atoms with Crippen LogP contribution in [-0.2, 0) is 0 Å². The molecule has 0 spiro atoms. The Balaban J connectivity index is 1.72. The summed E-state index contributed by atoms with van der Waals surface area (Å²) >= 11 is 5.97. The Hall–Kier alpha value is -2.28. The molecule has 3 aromatic rings. The Kier molecular flexibility index (Phi) is 2.75. The fraction of sp³-hybridized carbons (Fsp3) is 0.308. The molecule has 1 aliphatic carbocycles. The Morgan fingerprint density at radius 1 is 1.43 bits per heavy atom. The predicted octanol–water partition coefficient (Wildman–Crippen LogP) is 2.74. The number of hydrogen-bond donors (Lipinski definition) is 2. The molecule has 0 unspecified atom stereocenters. The predicted molar refractivity (Wildman–Crippen MR) is 78.4 cm³/mol. The molecule has 1 saturated carbocycles. The highest BCUT2D eigenvalue weighted by Crippen LogP contribution is 2.39. The summed E-state index contributed by atoms with van der Waals surface area (Å²) in [7, 11) is 1.58. The normalized spacial score (nSPS) is 14.6. The maximum absolute atomic E-state index is 5.97. The number of anilines is 2. The quantitative estimate of drug-likeness (QED) is 0.774. The number of hydrogen-bond acceptors (Lipinski definition) is 5. The lowest BCUT2D eigenvalue weighted by atomic mass is 10.3. The zero-order valence-corrected chi connectivity index (χ0v) is 12.1. The lowest BCUT2D eigenvalue weighted by Crippen LogP contribution is -2.03. The van der Waals surface area contributed by atoms with Crippen molar-refractivity contribution in [3.05, 3.63) is 29.2 Å². The first-order valence-electron chi connectivity index (χ1n) is 6.66. The van der Waals surface area contributed by atoms with Crippen molar-refractivity contribution in [3.63, 3.8) is 0 Å². The third-order valence-electron chi connectivity index (χ3n) is 3.52. The van der Waals surface area contributed by atoms with Crippen LogP contribution in [0.1, 0.15) is 24.5 Å². The topological polar surface area (TPSA) is 80.1 Å². The molecule has 7 nitrogen and oxygen atoms in total. The minimum atomic E-state index is 0.137. The van der Waals surface area contributed by atoms with E-state index in [1.165, 1.54) is 12.8 Å². The average molecular weight is 305 g/mol. The van der Waals surface area contributed by atoms with Crippen molar-refractivity contribution in [2.75, 3.05) is 12.4 Å². The van der Waals surface area contributed by atoms with E-state index in [-0.39, 0.29) is 5.28 Å². The highest BCUT2D eigenvalue weighted by molar-refractivity contribution is 6.28. The van der Waals surface area contributed by atoms with Crippen molar-refractivity contribution in [2.45, 2.75) is 18.8 Å². The van der Waals surface area contributed by atoms with Gasteiger partial charge in [-0.3, -0.25) is 5.10 Å². The van der Waals surface area contributed by atoms with E-state index in [1.807, 2.05) is 18.2 Å². The van der Waals surface area contributed by atoms with Gasteiger partial charge in [-0.2, -0.15) is 14.6 Å². The Morgan fingerprint density at radius 2 is 2.29 bits per heavy atom. The number of fused-ring (bicyclic) bond motifs is 1. The molecule has 8 heteroatoms. The SMILES string of the molecule is COc1ccc2c(Nc3cc(C4CC4)[nH]n3)nc(Cl)nn12. The van der Waals surface area contributed by atoms with Crippen LogP contribution < -0.4 is 10.1 Å². The highest BCUT2D eigenvalue weighted by Gasteiger charge is 2.25. The van der Waals surface area contributed by atoms with Crippen molar-refractivity contribution < 1.29 is 4.74 Å². The standard InChI is InChI=1S/C13H13ClN6O/c1-21-11-5-4-9-12(16-13(14)19-20(9)11)15-10-6-8(17-18-10)7-2-3-7/h4-7H,2-3H2,1H3,(H2,15,16,17,18,19). The molecule has 108 valence electrons. The van der Waals surface area contributed by atoms with Gasteiger partial charge < -0.3 is 10.1 Å². The van der Waals surface area contributed by atoms with Crippen molar-refractivity contribution in [3.8, 4) is 5.88 Å². The molecule has 0 amide bonds. The van der Waals surface area contributed by atoms with Gasteiger partial charge in [0, 0.05) is 23.7 Å². The Morgan fingerprint density at radius 3 is 3.05 bits per heavy atom. The van der Waals surface area contributed by atoms with Crippen LogP contribution in [0.4, 0.5) is 11.6 Å². The van der Waals surface area contributed by atoms with Gasteiger partial charge in [-0.05, 0) is 30.5 Å². The van der Waals surface area contributed by atoms with E-state index in [4.69, 9.17) is 16.3 Å². The van der Waals surface area contributed by atoms with Gasteiger partial charge in [0.15, 0.2) is 11.6 Å². The van der Waals surface area contributed by atoms with E-state index in [0.717, 1.165) is 11.2 Å². The zero-order chi connectivity index (χ0) is 14.4. The molecule has 2 N–H and O–H groups in total. The van der Waals surface area contributed by atoms with Gasteiger partial charge in [-0.15, -0.1) is 5.10 Å². The van der Waals surface area contributed by atoms with Crippen molar-refractivity contribution in [2.24, 2.45) is 0 Å². The van der Waals surface area contributed by atoms with Crippen LogP contribution in [0.5, 0.6) is 5.88 Å². The van der Waals surface area contributed by atoms with E-state index >= 15 is 0 Å². The third-order valence-corrected chi connectivity index (χ3v) is 3.68. The summed E-state index contributed by atoms with van der Waals surface area (Å²) < 4.78 is 6.84. The molecule has 0 bridgehead atoms. The molecule has 0 aliphatic heterocycles. The van der Waals surface area contributed by atoms with Crippen LogP contribution in [0.3, 0.4) is 0 Å². The van der Waals surface area contributed by atoms with E-state index in [2.05, 4.69) is 25.6 Å². The summed E-state index contributed by atoms with van der Waals surface area (Å²) in [5, 5.41) is 14.7. The van der Waals surface area contributed by atoms with E-state index < -0.39 is 0 Å². The van der Waals surface area contributed by atoms with Gasteiger partial charge in [-0.25, -0.2) is 0 Å². The molecule has 0 aromatic carbocycles. The number of halogens is 1. The first-order chi connectivity index (χ1) is 10.2. The van der Waals surface area contributed by atoms with E-state index in [0.29, 0.717) is 23.4 Å². The Bertz CT molecular complexity index is 806. The lowest BCUT2D eigenvalue weighted by Gasteiger charge is -2.06. The second-order valence-corrected chi connectivity index (χ2v) is 5.35. The second kappa shape index (κ2) is 4.63. The minimum absolute atomic E-state index is 0.137. The summed E-state index contributed by atoms with van der Waals surface area (Å²) in [6, 6.07) is 5.68. The van der Waals surface area contributed by atoms with Crippen LogP contribution in [0.25, 0.3) is 5.52 Å². The van der Waals surface area contributed by atoms with Crippen LogP contribution in [-0.4, -0.2) is 31.9 Å². The van der Waals surface area contributed by atoms with E-state index in [1.54, 1.807) is 11.6 Å². The molecule has 1 fully saturated rings. The number of aromatic amines is 1. The number of aromatic nitrogens is 5. The van der Waals surface area contributed by atoms with Gasteiger partial charge in [-0.1, -0.05) is 0 Å². The van der Waals surface area contributed by atoms with Crippen LogP contribution >= 0.6 is 11.6 Å². The summed E-state index contributed by atoms with van der Waals surface area (Å²) in [6.45, 7) is 0. The molecule has 1 aliphatic rings. The summed E-state index contributed by atoms with van der Waals surface area (Å²) in [5.74, 6) is 2.52. The highest BCUT2D eigenvalue weighted by atomic mass is 35.5. The van der Waals surface area contributed by atoms with Crippen molar-refractivity contribution in [1.29, 1.82) is 0 Å². The number of methoxy groups -OCH3 is 1. The lowest BCUT2D eigenvalue weighted by molar-refractivity contribution is 0.387. The van der Waals surface area contributed by atoms with Gasteiger partial charge in [0.2, 0.25) is 11.2 Å². The molecule has 0 saturated heterocycles. The van der Waals surface area contributed by atoms with Gasteiger partial charge in [0.1, 0.15) is 5.52 Å². The first-order valence-corrected chi connectivity index (χ1v) is 7.04. The minimum Gasteiger partial charge on any atom is -0.481 e. The summed E-state index contributed by atoms with van der Waals surface area (Å²) in [6.07, 6.45) is 2.45. The molecule has 21 heavy (non-hydrogen) atoms. The fourth-order valence-electron chi connectivity index (χ4n) is 2.32. The van der Waals surface area contributed by atoms with Crippen LogP contribution in [0, 0.1) is 0 Å². The molecular weight excluding hydrogens is 292 g/mol. The number of rotatable bonds is 4. The number of nitrogens with one attached hydrogen (secondary N) is 2. The van der Waals surface area contributed by atoms with Gasteiger partial charge >= 0.3 is 0 Å². The van der Waals surface area contributed by atoms with Crippen molar-refractivity contribution >= 4 is 28.8 Å². The first kappa shape index (κ1) is 12.5. The summed E-state index contributed by atoms with van der Waals surface area (Å²) in [5.41, 5.74) is 1.92. The van der Waals surface area contributed by atoms with Gasteiger partial charge in [0.05, 0.1) is 7.11 Å². The number of ether oxygens (including phenoxy) is 1. The monoisotopic (exact) mass is 304 g/mol. The molecule has 0 radical (unpaired) electrons. The Labute approximate surface area is 125 Å². The number of H-pyrrole nitrogens is 1. The molecule has 4 rings (SSSR count). The van der Waals surface area contributed by atoms with Gasteiger partial charge in [0.25, 0.3) is 0 Å². The van der Waals surface area contributed by atoms with Crippen molar-refractivity contribution in [1.82, 2.24) is 24.8 Å². The molecule has 3 aromatic heterocycles. The number of nitrogens with zero attached hydrogens (tertiary/aromatic N) is 4. The van der Waals surface area contributed by atoms with Crippen LogP contribution in [0.2, 0.25) is 5.28 Å². The van der Waals surface area contributed by atoms with E-state index in [9.17, 15) is 0 Å².